The van der Waals surface area contributed by atoms with E-state index in [0.29, 0.717) is 17.5 Å². The lowest BCUT2D eigenvalue weighted by molar-refractivity contribution is -0.137. The maximum absolute atomic E-state index is 12.6. The highest BCUT2D eigenvalue weighted by atomic mass is 32.2. The van der Waals surface area contributed by atoms with Crippen molar-refractivity contribution in [3.05, 3.63) is 67.0 Å². The Morgan fingerprint density at radius 2 is 1.97 bits per heavy atom. The third-order valence-electron chi connectivity index (χ3n) is 3.78. The van der Waals surface area contributed by atoms with E-state index in [1.165, 1.54) is 23.9 Å². The molecular weight excluding hydrogens is 403 g/mol. The van der Waals surface area contributed by atoms with Gasteiger partial charge < -0.3 is 5.32 Å². The first-order valence-electron chi connectivity index (χ1n) is 8.43. The molecule has 0 atom stereocenters. The van der Waals surface area contributed by atoms with Crippen molar-refractivity contribution in [2.24, 2.45) is 0 Å². The monoisotopic (exact) mass is 419 g/mol. The van der Waals surface area contributed by atoms with E-state index in [4.69, 9.17) is 0 Å². The summed E-state index contributed by atoms with van der Waals surface area (Å²) < 4.78 is 39.6. The Morgan fingerprint density at radius 3 is 2.59 bits per heavy atom. The highest BCUT2D eigenvalue weighted by Crippen LogP contribution is 2.30. The number of rotatable bonds is 7. The van der Waals surface area contributed by atoms with Crippen molar-refractivity contribution in [3.63, 3.8) is 0 Å². The smallest absolute Gasteiger partial charge is 0.325 e. The van der Waals surface area contributed by atoms with Crippen molar-refractivity contribution in [2.45, 2.75) is 17.9 Å². The summed E-state index contributed by atoms with van der Waals surface area (Å²) in [7, 11) is 0. The molecule has 0 unspecified atom stereocenters. The summed E-state index contributed by atoms with van der Waals surface area (Å²) in [5, 5.41) is 11.4. The van der Waals surface area contributed by atoms with Gasteiger partial charge in [-0.1, -0.05) is 17.8 Å². The Labute approximate surface area is 168 Å². The van der Waals surface area contributed by atoms with Crippen LogP contribution < -0.4 is 5.32 Å². The molecule has 0 aliphatic heterocycles. The van der Waals surface area contributed by atoms with Crippen LogP contribution in [0.25, 0.3) is 11.4 Å². The molecule has 150 valence electrons. The zero-order valence-corrected chi connectivity index (χ0v) is 15.9. The molecule has 0 aliphatic carbocycles. The Hall–Kier alpha value is -3.14. The molecule has 0 aliphatic rings. The van der Waals surface area contributed by atoms with Gasteiger partial charge in [0.2, 0.25) is 5.91 Å². The summed E-state index contributed by atoms with van der Waals surface area (Å²) in [6, 6.07) is 7.90. The Balaban J connectivity index is 1.66. The zero-order valence-electron chi connectivity index (χ0n) is 15.1. The third kappa shape index (κ3) is 5.23. The molecule has 2 heterocycles. The number of carbonyl (C=O) groups excluding carboxylic acids is 1. The normalized spacial score (nSPS) is 11.3. The molecule has 1 N–H and O–H groups in total. The fourth-order valence-corrected chi connectivity index (χ4v) is 3.22. The zero-order chi connectivity index (χ0) is 20.9. The predicted octanol–water partition coefficient (Wildman–Crippen LogP) is 4.28. The van der Waals surface area contributed by atoms with Gasteiger partial charge in [-0.2, -0.15) is 13.2 Å². The number of hydrogen-bond acceptors (Lipinski definition) is 5. The minimum atomic E-state index is -4.42. The first kappa shape index (κ1) is 20.6. The van der Waals surface area contributed by atoms with Gasteiger partial charge >= 0.3 is 6.18 Å². The second kappa shape index (κ2) is 8.91. The van der Waals surface area contributed by atoms with E-state index in [1.54, 1.807) is 29.1 Å². The van der Waals surface area contributed by atoms with E-state index in [2.05, 4.69) is 27.1 Å². The first-order valence-corrected chi connectivity index (χ1v) is 9.41. The number of amides is 1. The van der Waals surface area contributed by atoms with Gasteiger partial charge in [-0.05, 0) is 36.4 Å². The number of hydrogen-bond donors (Lipinski definition) is 1. The van der Waals surface area contributed by atoms with Crippen LogP contribution in [0.5, 0.6) is 0 Å². The SMILES string of the molecule is C=CCn1c(SCC(=O)Nc2ccc(C(F)(F)F)cc2)nnc1-c1cccnc1. The van der Waals surface area contributed by atoms with Crippen molar-refractivity contribution in [3.8, 4) is 11.4 Å². The molecular formula is C19H16F3N5OS. The number of allylic oxidation sites excluding steroid dienone is 1. The summed E-state index contributed by atoms with van der Waals surface area (Å²) in [6.07, 6.45) is 0.587. The van der Waals surface area contributed by atoms with Crippen molar-refractivity contribution >= 4 is 23.4 Å². The van der Waals surface area contributed by atoms with Crippen LogP contribution in [-0.2, 0) is 17.5 Å². The molecule has 1 aromatic carbocycles. The van der Waals surface area contributed by atoms with Gasteiger partial charge in [0.15, 0.2) is 11.0 Å². The summed E-state index contributed by atoms with van der Waals surface area (Å²) in [5.74, 6) is 0.248. The summed E-state index contributed by atoms with van der Waals surface area (Å²) in [4.78, 5) is 16.2. The van der Waals surface area contributed by atoms with Crippen LogP contribution in [0.15, 0.2) is 66.6 Å². The first-order chi connectivity index (χ1) is 13.9. The lowest BCUT2D eigenvalue weighted by atomic mass is 10.2. The fourth-order valence-electron chi connectivity index (χ4n) is 2.47. The molecule has 0 saturated heterocycles. The third-order valence-corrected chi connectivity index (χ3v) is 4.74. The lowest BCUT2D eigenvalue weighted by Gasteiger charge is -2.09. The molecule has 0 spiro atoms. The van der Waals surface area contributed by atoms with Crippen LogP contribution in [0.4, 0.5) is 18.9 Å². The van der Waals surface area contributed by atoms with Gasteiger partial charge in [-0.3, -0.25) is 14.3 Å². The number of thioether (sulfide) groups is 1. The number of nitrogens with one attached hydrogen (secondary N) is 1. The van der Waals surface area contributed by atoms with Crippen LogP contribution in [-0.4, -0.2) is 31.4 Å². The van der Waals surface area contributed by atoms with Crippen LogP contribution in [0, 0.1) is 0 Å². The average Bonchev–Trinajstić information content (AvgIpc) is 3.10. The second-order valence-electron chi connectivity index (χ2n) is 5.86. The fraction of sp³-hybridized carbons (Fsp3) is 0.158. The highest BCUT2D eigenvalue weighted by Gasteiger charge is 2.30. The topological polar surface area (TPSA) is 72.7 Å². The number of nitrogens with zero attached hydrogens (tertiary/aromatic N) is 4. The van der Waals surface area contributed by atoms with E-state index >= 15 is 0 Å². The van der Waals surface area contributed by atoms with E-state index in [0.717, 1.165) is 17.7 Å². The van der Waals surface area contributed by atoms with E-state index in [-0.39, 0.29) is 17.3 Å². The number of benzene rings is 1. The molecule has 0 fully saturated rings. The number of halogens is 3. The molecule has 10 heteroatoms. The highest BCUT2D eigenvalue weighted by molar-refractivity contribution is 7.99. The minimum absolute atomic E-state index is 0.0172. The van der Waals surface area contributed by atoms with Crippen LogP contribution in [0.2, 0.25) is 0 Å². The maximum Gasteiger partial charge on any atom is 0.416 e. The van der Waals surface area contributed by atoms with E-state index in [1.807, 2.05) is 6.07 Å². The summed E-state index contributed by atoms with van der Waals surface area (Å²) in [6.45, 7) is 4.17. The molecule has 1 amide bonds. The maximum atomic E-state index is 12.6. The average molecular weight is 419 g/mol. The van der Waals surface area contributed by atoms with Gasteiger partial charge in [0.05, 0.1) is 11.3 Å². The molecule has 6 nitrogen and oxygen atoms in total. The van der Waals surface area contributed by atoms with Crippen LogP contribution in [0.1, 0.15) is 5.56 Å². The summed E-state index contributed by atoms with van der Waals surface area (Å²) in [5.41, 5.74) is 0.292. The number of alkyl halides is 3. The van der Waals surface area contributed by atoms with Gasteiger partial charge in [0.25, 0.3) is 0 Å². The Kier molecular flexibility index (Phi) is 6.32. The van der Waals surface area contributed by atoms with E-state index in [9.17, 15) is 18.0 Å². The van der Waals surface area contributed by atoms with Crippen molar-refractivity contribution < 1.29 is 18.0 Å². The second-order valence-corrected chi connectivity index (χ2v) is 6.80. The molecule has 0 saturated carbocycles. The molecule has 2 aromatic heterocycles. The quantitative estimate of drug-likeness (QED) is 0.457. The Bertz CT molecular complexity index is 987. The molecule has 3 rings (SSSR count). The van der Waals surface area contributed by atoms with E-state index < -0.39 is 11.7 Å². The number of carbonyl (C=O) groups is 1. The van der Waals surface area contributed by atoms with Crippen molar-refractivity contribution in [2.75, 3.05) is 11.1 Å². The lowest BCUT2D eigenvalue weighted by Crippen LogP contribution is -2.15. The van der Waals surface area contributed by atoms with Crippen LogP contribution in [0.3, 0.4) is 0 Å². The largest absolute Gasteiger partial charge is 0.416 e. The number of aromatic nitrogens is 4. The van der Waals surface area contributed by atoms with Crippen LogP contribution >= 0.6 is 11.8 Å². The van der Waals surface area contributed by atoms with Gasteiger partial charge in [-0.25, -0.2) is 0 Å². The standard InChI is InChI=1S/C19H16F3N5OS/c1-2-10-27-17(13-4-3-9-23-11-13)25-26-18(27)29-12-16(28)24-15-7-5-14(6-8-15)19(20,21)22/h2-9,11H,1,10,12H2,(H,24,28). The van der Waals surface area contributed by atoms with Gasteiger partial charge in [-0.15, -0.1) is 16.8 Å². The van der Waals surface area contributed by atoms with Gasteiger partial charge in [0.1, 0.15) is 0 Å². The van der Waals surface area contributed by atoms with Crippen molar-refractivity contribution in [1.82, 2.24) is 19.7 Å². The number of pyridine rings is 1. The molecule has 0 bridgehead atoms. The Morgan fingerprint density at radius 1 is 1.21 bits per heavy atom. The molecule has 3 aromatic rings. The summed E-state index contributed by atoms with van der Waals surface area (Å²) >= 11 is 1.17. The number of anilines is 1. The predicted molar refractivity (Wildman–Crippen MR) is 104 cm³/mol. The molecule has 29 heavy (non-hydrogen) atoms. The van der Waals surface area contributed by atoms with Gasteiger partial charge in [0, 0.05) is 30.2 Å². The van der Waals surface area contributed by atoms with Crippen molar-refractivity contribution in [1.29, 1.82) is 0 Å². The minimum Gasteiger partial charge on any atom is -0.325 e. The molecule has 0 radical (unpaired) electrons.